The second kappa shape index (κ2) is 8.79. The third-order valence-electron chi connectivity index (χ3n) is 4.47. The molecule has 0 unspecified atom stereocenters. The van der Waals surface area contributed by atoms with Gasteiger partial charge in [-0.15, -0.1) is 0 Å². The zero-order valence-electron chi connectivity index (χ0n) is 15.2. The number of amides is 1. The number of likely N-dealkylation sites (N-methyl/N-ethyl adjacent to an activating group) is 1. The summed E-state index contributed by atoms with van der Waals surface area (Å²) < 4.78 is 0. The summed E-state index contributed by atoms with van der Waals surface area (Å²) >= 11 is 1.68. The number of carbonyl (C=O) groups is 1. The SMILES string of the molecule is CN(C)[C@@H](CNC(=O)Cc1ccc(-c2ccccc2)cc1)c1ccsc1. The second-order valence-corrected chi connectivity index (χ2v) is 7.36. The number of rotatable bonds is 7. The fraction of sp³-hybridized carbons (Fsp3) is 0.227. The molecule has 0 radical (unpaired) electrons. The van der Waals surface area contributed by atoms with E-state index in [9.17, 15) is 4.79 Å². The fourth-order valence-corrected chi connectivity index (χ4v) is 3.67. The number of benzene rings is 2. The summed E-state index contributed by atoms with van der Waals surface area (Å²) in [6.07, 6.45) is 0.402. The maximum atomic E-state index is 12.3. The summed E-state index contributed by atoms with van der Waals surface area (Å²) in [4.78, 5) is 14.5. The molecule has 26 heavy (non-hydrogen) atoms. The van der Waals surface area contributed by atoms with Crippen molar-refractivity contribution in [3.63, 3.8) is 0 Å². The van der Waals surface area contributed by atoms with Gasteiger partial charge in [-0.1, -0.05) is 54.6 Å². The lowest BCUT2D eigenvalue weighted by molar-refractivity contribution is -0.120. The summed E-state index contributed by atoms with van der Waals surface area (Å²) in [5.74, 6) is 0.0551. The molecule has 0 saturated carbocycles. The highest BCUT2D eigenvalue weighted by Crippen LogP contribution is 2.21. The first-order valence-electron chi connectivity index (χ1n) is 8.73. The Morgan fingerprint density at radius 1 is 1.00 bits per heavy atom. The number of hydrogen-bond donors (Lipinski definition) is 1. The molecular weight excluding hydrogens is 340 g/mol. The molecule has 3 rings (SSSR count). The largest absolute Gasteiger partial charge is 0.354 e. The summed E-state index contributed by atoms with van der Waals surface area (Å²) in [6, 6.07) is 20.8. The molecule has 1 aromatic heterocycles. The van der Waals surface area contributed by atoms with Crippen molar-refractivity contribution in [2.75, 3.05) is 20.6 Å². The molecule has 1 N–H and O–H groups in total. The predicted octanol–water partition coefficient (Wildman–Crippen LogP) is 4.38. The van der Waals surface area contributed by atoms with E-state index in [0.29, 0.717) is 13.0 Å². The van der Waals surface area contributed by atoms with E-state index in [1.807, 2.05) is 44.4 Å². The normalized spacial score (nSPS) is 12.1. The van der Waals surface area contributed by atoms with Crippen molar-refractivity contribution in [1.29, 1.82) is 0 Å². The highest BCUT2D eigenvalue weighted by atomic mass is 32.1. The van der Waals surface area contributed by atoms with Crippen molar-refractivity contribution in [3.8, 4) is 11.1 Å². The van der Waals surface area contributed by atoms with Crippen LogP contribution in [-0.2, 0) is 11.2 Å². The Balaban J connectivity index is 1.56. The molecule has 2 aromatic carbocycles. The molecule has 1 atom stereocenters. The van der Waals surface area contributed by atoms with Crippen LogP contribution in [0.5, 0.6) is 0 Å². The average molecular weight is 365 g/mol. The Morgan fingerprint density at radius 3 is 2.31 bits per heavy atom. The van der Waals surface area contributed by atoms with Crippen LogP contribution in [0.4, 0.5) is 0 Å². The van der Waals surface area contributed by atoms with Gasteiger partial charge in [-0.05, 0) is 53.2 Å². The topological polar surface area (TPSA) is 32.3 Å². The molecule has 0 saturated heterocycles. The van der Waals surface area contributed by atoms with Gasteiger partial charge in [0.2, 0.25) is 5.91 Å². The molecule has 134 valence electrons. The summed E-state index contributed by atoms with van der Waals surface area (Å²) in [5, 5.41) is 7.28. The van der Waals surface area contributed by atoms with Crippen molar-refractivity contribution in [2.45, 2.75) is 12.5 Å². The number of hydrogen-bond acceptors (Lipinski definition) is 3. The molecule has 0 aliphatic carbocycles. The van der Waals surface area contributed by atoms with E-state index < -0.39 is 0 Å². The number of thiophene rings is 1. The lowest BCUT2D eigenvalue weighted by atomic mass is 10.0. The van der Waals surface area contributed by atoms with E-state index in [1.54, 1.807) is 11.3 Å². The highest BCUT2D eigenvalue weighted by Gasteiger charge is 2.15. The quantitative estimate of drug-likeness (QED) is 0.675. The number of nitrogens with one attached hydrogen (secondary N) is 1. The fourth-order valence-electron chi connectivity index (χ4n) is 2.97. The Hall–Kier alpha value is -2.43. The smallest absolute Gasteiger partial charge is 0.224 e. The first-order valence-corrected chi connectivity index (χ1v) is 9.67. The third kappa shape index (κ3) is 4.81. The zero-order chi connectivity index (χ0) is 18.4. The van der Waals surface area contributed by atoms with Gasteiger partial charge < -0.3 is 10.2 Å². The van der Waals surface area contributed by atoms with Gasteiger partial charge in [0.15, 0.2) is 0 Å². The summed E-state index contributed by atoms with van der Waals surface area (Å²) in [7, 11) is 4.08. The minimum Gasteiger partial charge on any atom is -0.354 e. The van der Waals surface area contributed by atoms with E-state index in [4.69, 9.17) is 0 Å². The Bertz CT molecular complexity index is 811. The van der Waals surface area contributed by atoms with Crippen molar-refractivity contribution in [1.82, 2.24) is 10.2 Å². The van der Waals surface area contributed by atoms with Crippen LogP contribution in [-0.4, -0.2) is 31.4 Å². The van der Waals surface area contributed by atoms with E-state index in [0.717, 1.165) is 5.56 Å². The number of carbonyl (C=O) groups excluding carboxylic acids is 1. The molecule has 1 heterocycles. The zero-order valence-corrected chi connectivity index (χ0v) is 16.0. The molecule has 0 aliphatic rings. The van der Waals surface area contributed by atoms with Gasteiger partial charge in [0, 0.05) is 6.54 Å². The maximum Gasteiger partial charge on any atom is 0.224 e. The minimum atomic E-state index is 0.0551. The molecule has 0 fully saturated rings. The molecule has 0 spiro atoms. The van der Waals surface area contributed by atoms with Crippen molar-refractivity contribution < 1.29 is 4.79 Å². The van der Waals surface area contributed by atoms with Crippen LogP contribution in [0, 0.1) is 0 Å². The minimum absolute atomic E-state index is 0.0551. The highest BCUT2D eigenvalue weighted by molar-refractivity contribution is 7.07. The predicted molar refractivity (Wildman–Crippen MR) is 109 cm³/mol. The first kappa shape index (κ1) is 18.4. The summed E-state index contributed by atoms with van der Waals surface area (Å²) in [6.45, 7) is 0.616. The standard InChI is InChI=1S/C22H24N2OS/c1-24(2)21(20-12-13-26-16-20)15-23-22(25)14-17-8-10-19(11-9-17)18-6-4-3-5-7-18/h3-13,16,21H,14-15H2,1-2H3,(H,23,25)/t21-/m0/s1. The van der Waals surface area contributed by atoms with Crippen LogP contribution in [0.25, 0.3) is 11.1 Å². The summed E-state index contributed by atoms with van der Waals surface area (Å²) in [5.41, 5.74) is 4.62. The monoisotopic (exact) mass is 364 g/mol. The second-order valence-electron chi connectivity index (χ2n) is 6.58. The van der Waals surface area contributed by atoms with Gasteiger partial charge in [0.1, 0.15) is 0 Å². The van der Waals surface area contributed by atoms with Crippen LogP contribution in [0.15, 0.2) is 71.4 Å². The van der Waals surface area contributed by atoms with Gasteiger partial charge in [-0.2, -0.15) is 11.3 Å². The first-order chi connectivity index (χ1) is 12.6. The Morgan fingerprint density at radius 2 is 1.69 bits per heavy atom. The van der Waals surface area contributed by atoms with Crippen molar-refractivity contribution in [3.05, 3.63) is 82.6 Å². The van der Waals surface area contributed by atoms with Crippen molar-refractivity contribution >= 4 is 17.2 Å². The number of nitrogens with zero attached hydrogens (tertiary/aromatic N) is 1. The van der Waals surface area contributed by atoms with E-state index >= 15 is 0 Å². The molecule has 0 aliphatic heterocycles. The lowest BCUT2D eigenvalue weighted by Gasteiger charge is -2.24. The van der Waals surface area contributed by atoms with Crippen molar-refractivity contribution in [2.24, 2.45) is 0 Å². The molecule has 3 aromatic rings. The van der Waals surface area contributed by atoms with Crippen LogP contribution in [0.2, 0.25) is 0 Å². The van der Waals surface area contributed by atoms with Crippen LogP contribution in [0.3, 0.4) is 0 Å². The van der Waals surface area contributed by atoms with Gasteiger partial charge >= 0.3 is 0 Å². The Kier molecular flexibility index (Phi) is 6.21. The lowest BCUT2D eigenvalue weighted by Crippen LogP contribution is -2.35. The van der Waals surface area contributed by atoms with Gasteiger partial charge in [-0.25, -0.2) is 0 Å². The van der Waals surface area contributed by atoms with Gasteiger partial charge in [-0.3, -0.25) is 4.79 Å². The third-order valence-corrected chi connectivity index (χ3v) is 5.17. The van der Waals surface area contributed by atoms with E-state index in [2.05, 4.69) is 51.3 Å². The maximum absolute atomic E-state index is 12.3. The molecule has 1 amide bonds. The molecule has 4 heteroatoms. The molecular formula is C22H24N2OS. The van der Waals surface area contributed by atoms with E-state index in [1.165, 1.54) is 16.7 Å². The van der Waals surface area contributed by atoms with Crippen LogP contribution in [0.1, 0.15) is 17.2 Å². The van der Waals surface area contributed by atoms with Crippen LogP contribution < -0.4 is 5.32 Å². The van der Waals surface area contributed by atoms with Gasteiger partial charge in [0.25, 0.3) is 0 Å². The van der Waals surface area contributed by atoms with E-state index in [-0.39, 0.29) is 11.9 Å². The van der Waals surface area contributed by atoms with Gasteiger partial charge in [0.05, 0.1) is 12.5 Å². The molecule has 0 bridgehead atoms. The molecule has 3 nitrogen and oxygen atoms in total. The van der Waals surface area contributed by atoms with Crippen LogP contribution >= 0.6 is 11.3 Å². The average Bonchev–Trinajstić information content (AvgIpc) is 3.17. The Labute approximate surface area is 159 Å².